The van der Waals surface area contributed by atoms with E-state index in [0.29, 0.717) is 25.5 Å². The zero-order valence-electron chi connectivity index (χ0n) is 9.09. The molecule has 5 heteroatoms. The molecule has 0 radical (unpaired) electrons. The van der Waals surface area contributed by atoms with E-state index in [1.165, 1.54) is 13.2 Å². The van der Waals surface area contributed by atoms with Gasteiger partial charge in [-0.3, -0.25) is 0 Å². The van der Waals surface area contributed by atoms with Crippen molar-refractivity contribution in [2.75, 3.05) is 20.3 Å². The molecular weight excluding hydrogens is 213 g/mol. The largest absolute Gasteiger partial charge is 0.489 e. The van der Waals surface area contributed by atoms with Gasteiger partial charge in [0.15, 0.2) is 17.3 Å². The third-order valence-corrected chi connectivity index (χ3v) is 2.28. The van der Waals surface area contributed by atoms with E-state index in [2.05, 4.69) is 5.48 Å². The van der Waals surface area contributed by atoms with Crippen LogP contribution >= 0.6 is 0 Å². The molecule has 1 aliphatic heterocycles. The van der Waals surface area contributed by atoms with Gasteiger partial charge < -0.3 is 14.3 Å². The Bertz CT molecular complexity index is 370. The smallest absolute Gasteiger partial charge is 0.197 e. The van der Waals surface area contributed by atoms with Crippen LogP contribution in [0, 0.1) is 5.82 Å². The first kappa shape index (κ1) is 11.2. The van der Waals surface area contributed by atoms with Crippen LogP contribution in [0.5, 0.6) is 11.5 Å². The maximum Gasteiger partial charge on any atom is 0.197 e. The van der Waals surface area contributed by atoms with Crippen molar-refractivity contribution in [1.29, 1.82) is 0 Å². The highest BCUT2D eigenvalue weighted by Gasteiger charge is 2.16. The standard InChI is InChI=1S/C11H14FNO3/c1-14-13-7-8-5-9(12)11-10(6-8)15-3-2-4-16-11/h5-6,13H,2-4,7H2,1H3. The number of nitrogens with one attached hydrogen (secondary N) is 1. The SMILES string of the molecule is CONCc1cc(F)c2c(c1)OCCCO2. The molecule has 1 aromatic rings. The molecule has 0 fully saturated rings. The van der Waals surface area contributed by atoms with Crippen molar-refractivity contribution in [3.63, 3.8) is 0 Å². The van der Waals surface area contributed by atoms with Gasteiger partial charge in [0.1, 0.15) is 0 Å². The highest BCUT2D eigenvalue weighted by molar-refractivity contribution is 5.44. The van der Waals surface area contributed by atoms with Crippen LogP contribution < -0.4 is 15.0 Å². The molecule has 2 rings (SSSR count). The molecule has 16 heavy (non-hydrogen) atoms. The quantitative estimate of drug-likeness (QED) is 0.797. The average molecular weight is 227 g/mol. The van der Waals surface area contributed by atoms with Crippen LogP contribution in [0.15, 0.2) is 12.1 Å². The number of hydrogen-bond acceptors (Lipinski definition) is 4. The first-order chi connectivity index (χ1) is 7.81. The molecule has 1 aliphatic rings. The molecule has 4 nitrogen and oxygen atoms in total. The molecule has 0 unspecified atom stereocenters. The number of halogens is 1. The minimum absolute atomic E-state index is 0.207. The maximum atomic E-state index is 13.7. The van der Waals surface area contributed by atoms with Gasteiger partial charge >= 0.3 is 0 Å². The summed E-state index contributed by atoms with van der Waals surface area (Å²) in [7, 11) is 1.51. The Morgan fingerprint density at radius 2 is 2.19 bits per heavy atom. The molecule has 0 spiro atoms. The van der Waals surface area contributed by atoms with Crippen molar-refractivity contribution >= 4 is 0 Å². The van der Waals surface area contributed by atoms with Crippen LogP contribution in [0.2, 0.25) is 0 Å². The van der Waals surface area contributed by atoms with Crippen LogP contribution in [0.1, 0.15) is 12.0 Å². The Hall–Kier alpha value is -1.33. The maximum absolute atomic E-state index is 13.7. The van der Waals surface area contributed by atoms with E-state index in [1.807, 2.05) is 0 Å². The Morgan fingerprint density at radius 3 is 3.00 bits per heavy atom. The molecule has 1 heterocycles. The molecule has 0 aliphatic carbocycles. The van der Waals surface area contributed by atoms with Crippen LogP contribution in [-0.2, 0) is 11.4 Å². The minimum atomic E-state index is -0.396. The predicted molar refractivity (Wildman–Crippen MR) is 55.9 cm³/mol. The van der Waals surface area contributed by atoms with Gasteiger partial charge in [0.2, 0.25) is 0 Å². The molecule has 1 N–H and O–H groups in total. The predicted octanol–water partition coefficient (Wildman–Crippen LogP) is 1.64. The van der Waals surface area contributed by atoms with Crippen molar-refractivity contribution in [2.24, 2.45) is 0 Å². The molecule has 1 aromatic carbocycles. The van der Waals surface area contributed by atoms with E-state index >= 15 is 0 Å². The van der Waals surface area contributed by atoms with E-state index in [0.717, 1.165) is 12.0 Å². The lowest BCUT2D eigenvalue weighted by atomic mass is 10.2. The number of hydrogen-bond donors (Lipinski definition) is 1. The topological polar surface area (TPSA) is 39.7 Å². The third-order valence-electron chi connectivity index (χ3n) is 2.28. The van der Waals surface area contributed by atoms with E-state index in [-0.39, 0.29) is 5.75 Å². The van der Waals surface area contributed by atoms with E-state index in [4.69, 9.17) is 14.3 Å². The first-order valence-corrected chi connectivity index (χ1v) is 5.15. The van der Waals surface area contributed by atoms with Crippen molar-refractivity contribution in [3.05, 3.63) is 23.5 Å². The lowest BCUT2D eigenvalue weighted by Crippen LogP contribution is -2.11. The zero-order chi connectivity index (χ0) is 11.4. The summed E-state index contributed by atoms with van der Waals surface area (Å²) in [6, 6.07) is 3.18. The van der Waals surface area contributed by atoms with Crippen LogP contribution in [-0.4, -0.2) is 20.3 Å². The number of benzene rings is 1. The minimum Gasteiger partial charge on any atom is -0.489 e. The molecule has 0 saturated heterocycles. The van der Waals surface area contributed by atoms with E-state index < -0.39 is 5.82 Å². The Balaban J connectivity index is 2.24. The van der Waals surface area contributed by atoms with Gasteiger partial charge in [-0.05, 0) is 17.7 Å². The van der Waals surface area contributed by atoms with Gasteiger partial charge in [-0.25, -0.2) is 4.39 Å². The van der Waals surface area contributed by atoms with Crippen molar-refractivity contribution in [1.82, 2.24) is 5.48 Å². The number of hydroxylamine groups is 1. The Kier molecular flexibility index (Phi) is 3.58. The highest BCUT2D eigenvalue weighted by Crippen LogP contribution is 2.33. The summed E-state index contributed by atoms with van der Waals surface area (Å²) < 4.78 is 24.4. The second-order valence-electron chi connectivity index (χ2n) is 3.48. The van der Waals surface area contributed by atoms with Crippen molar-refractivity contribution in [3.8, 4) is 11.5 Å². The number of rotatable bonds is 3. The average Bonchev–Trinajstić information content (AvgIpc) is 2.51. The third kappa shape index (κ3) is 2.43. The molecule has 0 saturated carbocycles. The van der Waals surface area contributed by atoms with Gasteiger partial charge in [0.25, 0.3) is 0 Å². The second-order valence-corrected chi connectivity index (χ2v) is 3.48. The van der Waals surface area contributed by atoms with Crippen LogP contribution in [0.3, 0.4) is 0 Å². The lowest BCUT2D eigenvalue weighted by molar-refractivity contribution is 0.0866. The second kappa shape index (κ2) is 5.14. The summed E-state index contributed by atoms with van der Waals surface area (Å²) in [6.07, 6.45) is 0.764. The lowest BCUT2D eigenvalue weighted by Gasteiger charge is -2.10. The van der Waals surface area contributed by atoms with Crippen molar-refractivity contribution < 1.29 is 18.7 Å². The van der Waals surface area contributed by atoms with Gasteiger partial charge in [-0.2, -0.15) is 5.48 Å². The normalized spacial score (nSPS) is 14.6. The fourth-order valence-corrected chi connectivity index (χ4v) is 1.54. The Morgan fingerprint density at radius 1 is 1.38 bits per heavy atom. The van der Waals surface area contributed by atoms with E-state index in [1.54, 1.807) is 6.07 Å². The van der Waals surface area contributed by atoms with Crippen LogP contribution in [0.25, 0.3) is 0 Å². The fourth-order valence-electron chi connectivity index (χ4n) is 1.54. The van der Waals surface area contributed by atoms with Gasteiger partial charge in [0.05, 0.1) is 20.3 Å². The van der Waals surface area contributed by atoms with Gasteiger partial charge in [-0.15, -0.1) is 0 Å². The van der Waals surface area contributed by atoms with E-state index in [9.17, 15) is 4.39 Å². The summed E-state index contributed by atoms with van der Waals surface area (Å²) in [5, 5.41) is 0. The molecule has 0 bridgehead atoms. The monoisotopic (exact) mass is 227 g/mol. The molecule has 88 valence electrons. The summed E-state index contributed by atoms with van der Waals surface area (Å²) in [5.41, 5.74) is 3.40. The summed E-state index contributed by atoms with van der Waals surface area (Å²) in [4.78, 5) is 4.71. The molecule has 0 atom stereocenters. The molecule has 0 amide bonds. The molecule has 0 aromatic heterocycles. The number of ether oxygens (including phenoxy) is 2. The van der Waals surface area contributed by atoms with Gasteiger partial charge in [0, 0.05) is 13.0 Å². The summed E-state index contributed by atoms with van der Waals surface area (Å²) >= 11 is 0. The zero-order valence-corrected chi connectivity index (χ0v) is 9.09. The highest BCUT2D eigenvalue weighted by atomic mass is 19.1. The first-order valence-electron chi connectivity index (χ1n) is 5.15. The summed E-state index contributed by atoms with van der Waals surface area (Å²) in [6.45, 7) is 1.46. The summed E-state index contributed by atoms with van der Waals surface area (Å²) in [5.74, 6) is 0.274. The van der Waals surface area contributed by atoms with Crippen molar-refractivity contribution in [2.45, 2.75) is 13.0 Å². The number of fused-ring (bicyclic) bond motifs is 1. The fraction of sp³-hybridized carbons (Fsp3) is 0.455. The van der Waals surface area contributed by atoms with Crippen LogP contribution in [0.4, 0.5) is 4.39 Å². The molecular formula is C11H14FNO3. The van der Waals surface area contributed by atoms with Gasteiger partial charge in [-0.1, -0.05) is 0 Å². The Labute approximate surface area is 93.3 Å².